The zero-order chi connectivity index (χ0) is 20.1. The number of halogens is 1. The van der Waals surface area contributed by atoms with E-state index in [1.807, 2.05) is 66.8 Å². The highest BCUT2D eigenvalue weighted by atomic mass is 127. The molecule has 0 radical (unpaired) electrons. The van der Waals surface area contributed by atoms with Gasteiger partial charge in [-0.3, -0.25) is 4.79 Å². The van der Waals surface area contributed by atoms with Gasteiger partial charge in [0.15, 0.2) is 0 Å². The fraction of sp³-hybridized carbons (Fsp3) is 0.526. The van der Waals surface area contributed by atoms with E-state index in [-0.39, 0.29) is 31.5 Å². The number of nitrogens with one attached hydrogen (secondary N) is 1. The van der Waals surface area contributed by atoms with Crippen LogP contribution in [-0.2, 0) is 30.4 Å². The first kappa shape index (κ1) is 23.2. The van der Waals surface area contributed by atoms with Crippen LogP contribution in [-0.4, -0.2) is 35.3 Å². The van der Waals surface area contributed by atoms with E-state index in [9.17, 15) is 14.4 Å². The van der Waals surface area contributed by atoms with Gasteiger partial charge in [0.25, 0.3) is 0 Å². The molecule has 1 rings (SSSR count). The van der Waals surface area contributed by atoms with Gasteiger partial charge in [0.05, 0.1) is 6.61 Å². The molecule has 0 aliphatic rings. The third-order valence-electron chi connectivity index (χ3n) is 3.64. The number of esters is 2. The minimum atomic E-state index is -0.794. The van der Waals surface area contributed by atoms with Crippen molar-refractivity contribution in [3.05, 3.63) is 35.9 Å². The van der Waals surface area contributed by atoms with Crippen molar-refractivity contribution in [2.45, 2.75) is 45.8 Å². The number of unbranched alkanes of at least 4 members (excludes halogenated alkanes) is 1. The van der Waals surface area contributed by atoms with E-state index in [1.165, 1.54) is 0 Å². The SMILES string of the molecule is CC(C)[C@H](NC(=O)OCc1ccccc1)C(=O)OCCCCC(=O)OCI. The van der Waals surface area contributed by atoms with Crippen LogP contribution in [0.3, 0.4) is 0 Å². The van der Waals surface area contributed by atoms with Crippen LogP contribution >= 0.6 is 22.6 Å². The van der Waals surface area contributed by atoms with Gasteiger partial charge in [0.1, 0.15) is 17.3 Å². The number of rotatable bonds is 11. The molecule has 8 heteroatoms. The number of carbonyl (C=O) groups excluding carboxylic acids is 3. The molecule has 7 nitrogen and oxygen atoms in total. The molecule has 0 unspecified atom stereocenters. The molecule has 1 atom stereocenters. The van der Waals surface area contributed by atoms with Gasteiger partial charge in [-0.05, 0) is 46.9 Å². The number of amides is 1. The average molecular weight is 491 g/mol. The van der Waals surface area contributed by atoms with Gasteiger partial charge in [-0.2, -0.15) is 0 Å². The Morgan fingerprint density at radius 2 is 1.74 bits per heavy atom. The summed E-state index contributed by atoms with van der Waals surface area (Å²) in [4.78, 5) is 35.4. The Morgan fingerprint density at radius 3 is 2.37 bits per heavy atom. The molecule has 0 saturated heterocycles. The minimum absolute atomic E-state index is 0.125. The van der Waals surface area contributed by atoms with Gasteiger partial charge in [0.2, 0.25) is 0 Å². The number of ether oxygens (including phenoxy) is 3. The van der Waals surface area contributed by atoms with E-state index in [2.05, 4.69) is 5.32 Å². The van der Waals surface area contributed by atoms with Gasteiger partial charge >= 0.3 is 18.0 Å². The number of hydrogen-bond acceptors (Lipinski definition) is 6. The lowest BCUT2D eigenvalue weighted by molar-refractivity contribution is -0.147. The highest BCUT2D eigenvalue weighted by molar-refractivity contribution is 14.1. The number of hydrogen-bond donors (Lipinski definition) is 1. The summed E-state index contributed by atoms with van der Waals surface area (Å²) in [5.41, 5.74) is 0.859. The van der Waals surface area contributed by atoms with E-state index < -0.39 is 18.1 Å². The second-order valence-electron chi connectivity index (χ2n) is 6.18. The van der Waals surface area contributed by atoms with Crippen molar-refractivity contribution in [3.63, 3.8) is 0 Å². The molecule has 1 aromatic carbocycles. The molecule has 1 amide bonds. The Bertz CT molecular complexity index is 593. The van der Waals surface area contributed by atoms with E-state index in [1.54, 1.807) is 0 Å². The molecule has 0 fully saturated rings. The van der Waals surface area contributed by atoms with E-state index >= 15 is 0 Å². The van der Waals surface area contributed by atoms with Crippen LogP contribution in [0.25, 0.3) is 0 Å². The van der Waals surface area contributed by atoms with Crippen LogP contribution in [0.1, 0.15) is 38.7 Å². The van der Waals surface area contributed by atoms with Crippen LogP contribution in [0.5, 0.6) is 0 Å². The Balaban J connectivity index is 2.33. The van der Waals surface area contributed by atoms with Crippen LogP contribution in [0.4, 0.5) is 4.79 Å². The van der Waals surface area contributed by atoms with Gasteiger partial charge in [-0.15, -0.1) is 0 Å². The smallest absolute Gasteiger partial charge is 0.408 e. The molecule has 0 saturated carbocycles. The largest absolute Gasteiger partial charge is 0.464 e. The first-order chi connectivity index (χ1) is 12.9. The highest BCUT2D eigenvalue weighted by Gasteiger charge is 2.26. The Hall–Kier alpha value is -1.84. The van der Waals surface area contributed by atoms with Crippen LogP contribution in [0.2, 0.25) is 0 Å². The lowest BCUT2D eigenvalue weighted by Gasteiger charge is -2.20. The van der Waals surface area contributed by atoms with Crippen molar-refractivity contribution in [2.24, 2.45) is 5.92 Å². The van der Waals surface area contributed by atoms with Gasteiger partial charge in [-0.25, -0.2) is 9.59 Å². The molecule has 0 spiro atoms. The lowest BCUT2D eigenvalue weighted by atomic mass is 10.1. The molecule has 0 bridgehead atoms. The summed E-state index contributed by atoms with van der Waals surface area (Å²) in [7, 11) is 0. The van der Waals surface area contributed by atoms with Crippen molar-refractivity contribution < 1.29 is 28.6 Å². The third kappa shape index (κ3) is 10.2. The minimum Gasteiger partial charge on any atom is -0.464 e. The van der Waals surface area contributed by atoms with E-state index in [0.29, 0.717) is 17.5 Å². The molecule has 0 aromatic heterocycles. The predicted octanol–water partition coefficient (Wildman–Crippen LogP) is 3.59. The molecule has 0 aliphatic carbocycles. The third-order valence-corrected chi connectivity index (χ3v) is 3.95. The van der Waals surface area contributed by atoms with Crippen LogP contribution in [0, 0.1) is 5.92 Å². The van der Waals surface area contributed by atoms with Gasteiger partial charge in [-0.1, -0.05) is 44.2 Å². The molecule has 0 heterocycles. The zero-order valence-corrected chi connectivity index (χ0v) is 17.8. The normalized spacial score (nSPS) is 11.6. The maximum absolute atomic E-state index is 12.2. The van der Waals surface area contributed by atoms with Crippen molar-refractivity contribution in [1.29, 1.82) is 0 Å². The Morgan fingerprint density at radius 1 is 1.04 bits per heavy atom. The fourth-order valence-electron chi connectivity index (χ4n) is 2.16. The molecule has 0 aliphatic heterocycles. The Kier molecular flexibility index (Phi) is 11.5. The fourth-order valence-corrected chi connectivity index (χ4v) is 2.50. The average Bonchev–Trinajstić information content (AvgIpc) is 2.64. The first-order valence-corrected chi connectivity index (χ1v) is 10.3. The quantitative estimate of drug-likeness (QED) is 0.167. The summed E-state index contributed by atoms with van der Waals surface area (Å²) >= 11 is 1.95. The summed E-state index contributed by atoms with van der Waals surface area (Å²) in [6.45, 7) is 3.92. The van der Waals surface area contributed by atoms with Gasteiger partial charge < -0.3 is 19.5 Å². The van der Waals surface area contributed by atoms with Gasteiger partial charge in [0, 0.05) is 6.42 Å². The molecular formula is C19H26INO6. The van der Waals surface area contributed by atoms with Crippen molar-refractivity contribution >= 4 is 40.6 Å². The van der Waals surface area contributed by atoms with Crippen molar-refractivity contribution in [1.82, 2.24) is 5.32 Å². The Labute approximate surface area is 173 Å². The zero-order valence-electron chi connectivity index (χ0n) is 15.6. The first-order valence-electron chi connectivity index (χ1n) is 8.79. The summed E-state index contributed by atoms with van der Waals surface area (Å²) in [5.74, 6) is -0.935. The second kappa shape index (κ2) is 13.3. The molecule has 150 valence electrons. The number of benzene rings is 1. The molecule has 27 heavy (non-hydrogen) atoms. The van der Waals surface area contributed by atoms with Crippen LogP contribution < -0.4 is 5.32 Å². The lowest BCUT2D eigenvalue weighted by Crippen LogP contribution is -2.45. The second-order valence-corrected chi connectivity index (χ2v) is 6.80. The monoisotopic (exact) mass is 491 g/mol. The number of carbonyl (C=O) groups is 3. The standard InChI is InChI=1S/C19H26INO6/c1-14(2)17(18(23)25-11-7-6-10-16(22)27-13-20)21-19(24)26-12-15-8-4-3-5-9-15/h3-5,8-9,14,17H,6-7,10-13H2,1-2H3,(H,21,24)/t17-/m0/s1. The van der Waals surface area contributed by atoms with E-state index in [4.69, 9.17) is 14.2 Å². The van der Waals surface area contributed by atoms with Crippen molar-refractivity contribution in [3.8, 4) is 0 Å². The maximum atomic E-state index is 12.2. The summed E-state index contributed by atoms with van der Waals surface area (Å²) in [5, 5.41) is 2.55. The predicted molar refractivity (Wildman–Crippen MR) is 108 cm³/mol. The highest BCUT2D eigenvalue weighted by Crippen LogP contribution is 2.07. The summed E-state index contributed by atoms with van der Waals surface area (Å²) in [6, 6.07) is 8.48. The maximum Gasteiger partial charge on any atom is 0.408 e. The topological polar surface area (TPSA) is 90.9 Å². The summed E-state index contributed by atoms with van der Waals surface area (Å²) in [6.07, 6.45) is 0.738. The number of alkyl carbamates (subject to hydrolysis) is 1. The number of alkyl halides is 1. The molecule has 1 N–H and O–H groups in total. The molecular weight excluding hydrogens is 465 g/mol. The van der Waals surface area contributed by atoms with E-state index in [0.717, 1.165) is 5.56 Å². The molecule has 1 aromatic rings. The van der Waals surface area contributed by atoms with Crippen LogP contribution in [0.15, 0.2) is 30.3 Å². The summed E-state index contributed by atoms with van der Waals surface area (Å²) < 4.78 is 15.5. The van der Waals surface area contributed by atoms with Crippen molar-refractivity contribution in [2.75, 3.05) is 11.2 Å².